The van der Waals surface area contributed by atoms with Crippen LogP contribution in [0.1, 0.15) is 26.9 Å². The summed E-state index contributed by atoms with van der Waals surface area (Å²) in [6.45, 7) is 2.31. The summed E-state index contributed by atoms with van der Waals surface area (Å²) in [6.07, 6.45) is 0. The molecule has 0 saturated carbocycles. The van der Waals surface area contributed by atoms with Gasteiger partial charge in [0.05, 0.1) is 11.3 Å². The van der Waals surface area contributed by atoms with Crippen LogP contribution >= 0.6 is 11.6 Å². The smallest absolute Gasteiger partial charge is 0.171 e. The largest absolute Gasteiger partial charge is 0.492 e. The zero-order chi connectivity index (χ0) is 14.1. The molecule has 0 aromatic heterocycles. The Kier molecular flexibility index (Phi) is 3.49. The molecule has 102 valence electrons. The van der Waals surface area contributed by atoms with E-state index in [0.717, 1.165) is 16.9 Å². The normalized spacial score (nSPS) is 20.9. The molecule has 2 aromatic carbocycles. The summed E-state index contributed by atoms with van der Waals surface area (Å²) in [5, 5.41) is -0.340. The van der Waals surface area contributed by atoms with Gasteiger partial charge in [0.25, 0.3) is 0 Å². The number of para-hydroxylation sites is 1. The number of fused-ring (bicyclic) bond motifs is 1. The molecule has 2 unspecified atom stereocenters. The van der Waals surface area contributed by atoms with Gasteiger partial charge >= 0.3 is 0 Å². The van der Waals surface area contributed by atoms with E-state index in [1.54, 1.807) is 0 Å². The maximum atomic E-state index is 12.6. The molecule has 0 amide bonds. The van der Waals surface area contributed by atoms with E-state index >= 15 is 0 Å². The van der Waals surface area contributed by atoms with E-state index in [0.29, 0.717) is 12.2 Å². The highest BCUT2D eigenvalue weighted by Gasteiger charge is 2.34. The van der Waals surface area contributed by atoms with E-state index in [-0.39, 0.29) is 17.1 Å². The first kappa shape index (κ1) is 13.2. The van der Waals surface area contributed by atoms with Crippen molar-refractivity contribution in [2.45, 2.75) is 12.3 Å². The van der Waals surface area contributed by atoms with E-state index in [2.05, 4.69) is 0 Å². The fourth-order valence-corrected chi connectivity index (χ4v) is 2.91. The van der Waals surface area contributed by atoms with Crippen LogP contribution in [-0.4, -0.2) is 12.4 Å². The van der Waals surface area contributed by atoms with Crippen molar-refractivity contribution in [2.24, 2.45) is 5.92 Å². The van der Waals surface area contributed by atoms with Gasteiger partial charge in [0.2, 0.25) is 0 Å². The highest BCUT2D eigenvalue weighted by molar-refractivity contribution is 6.23. The molecular weight excluding hydrogens is 272 g/mol. The van der Waals surface area contributed by atoms with Gasteiger partial charge in [-0.15, -0.1) is 11.6 Å². The van der Waals surface area contributed by atoms with Crippen molar-refractivity contribution in [1.29, 1.82) is 0 Å². The molecule has 0 fully saturated rings. The van der Waals surface area contributed by atoms with Crippen molar-refractivity contribution < 1.29 is 9.53 Å². The van der Waals surface area contributed by atoms with Crippen LogP contribution in [0.5, 0.6) is 5.75 Å². The standard InChI is InChI=1S/C17H15ClO2/c1-11-5-4-6-12(9-11)17(19)14-10-20-15-8-3-2-7-13(15)16(14)18/h2-9,14,16H,10H2,1H3. The number of hydrogen-bond donors (Lipinski definition) is 0. The Labute approximate surface area is 123 Å². The van der Waals surface area contributed by atoms with Gasteiger partial charge in [-0.1, -0.05) is 42.0 Å². The molecule has 0 spiro atoms. The van der Waals surface area contributed by atoms with Crippen molar-refractivity contribution in [3.63, 3.8) is 0 Å². The van der Waals surface area contributed by atoms with Crippen molar-refractivity contribution in [2.75, 3.05) is 6.61 Å². The Morgan fingerprint density at radius 2 is 2.00 bits per heavy atom. The summed E-state index contributed by atoms with van der Waals surface area (Å²) in [7, 11) is 0. The summed E-state index contributed by atoms with van der Waals surface area (Å²) in [4.78, 5) is 12.6. The first-order chi connectivity index (χ1) is 9.66. The van der Waals surface area contributed by atoms with Gasteiger partial charge in [0.1, 0.15) is 12.4 Å². The van der Waals surface area contributed by atoms with Gasteiger partial charge in [-0.3, -0.25) is 4.79 Å². The van der Waals surface area contributed by atoms with Crippen LogP contribution in [0, 0.1) is 12.8 Å². The fraction of sp³-hybridized carbons (Fsp3) is 0.235. The lowest BCUT2D eigenvalue weighted by Gasteiger charge is -2.28. The zero-order valence-electron chi connectivity index (χ0n) is 11.2. The second kappa shape index (κ2) is 5.29. The molecule has 1 aliphatic heterocycles. The number of halogens is 1. The monoisotopic (exact) mass is 286 g/mol. The molecular formula is C17H15ClO2. The number of ketones is 1. The maximum absolute atomic E-state index is 12.6. The summed E-state index contributed by atoms with van der Waals surface area (Å²) in [6, 6.07) is 15.2. The molecule has 0 bridgehead atoms. The van der Waals surface area contributed by atoms with Crippen LogP contribution in [0.15, 0.2) is 48.5 Å². The van der Waals surface area contributed by atoms with Crippen LogP contribution in [-0.2, 0) is 0 Å². The Balaban J connectivity index is 1.91. The molecule has 1 heterocycles. The van der Waals surface area contributed by atoms with Crippen molar-refractivity contribution in [3.8, 4) is 5.75 Å². The number of carbonyl (C=O) groups excluding carboxylic acids is 1. The zero-order valence-corrected chi connectivity index (χ0v) is 11.9. The lowest BCUT2D eigenvalue weighted by molar-refractivity contribution is 0.0849. The maximum Gasteiger partial charge on any atom is 0.171 e. The molecule has 2 nitrogen and oxygen atoms in total. The third-order valence-corrected chi connectivity index (χ3v) is 4.17. The van der Waals surface area contributed by atoms with Crippen LogP contribution in [0.2, 0.25) is 0 Å². The molecule has 3 rings (SSSR count). The van der Waals surface area contributed by atoms with E-state index < -0.39 is 0 Å². The number of alkyl halides is 1. The molecule has 2 atom stereocenters. The van der Waals surface area contributed by atoms with Crippen LogP contribution in [0.25, 0.3) is 0 Å². The number of benzene rings is 2. The van der Waals surface area contributed by atoms with Crippen LogP contribution in [0.4, 0.5) is 0 Å². The first-order valence-electron chi connectivity index (χ1n) is 6.63. The number of hydrogen-bond acceptors (Lipinski definition) is 2. The number of carbonyl (C=O) groups is 1. The Hall–Kier alpha value is -1.80. The van der Waals surface area contributed by atoms with Gasteiger partial charge < -0.3 is 4.74 Å². The van der Waals surface area contributed by atoms with E-state index in [4.69, 9.17) is 16.3 Å². The Bertz CT molecular complexity index is 651. The van der Waals surface area contributed by atoms with E-state index in [1.807, 2.05) is 55.5 Å². The van der Waals surface area contributed by atoms with Gasteiger partial charge in [0.15, 0.2) is 5.78 Å². The van der Waals surface area contributed by atoms with Gasteiger partial charge in [-0.25, -0.2) is 0 Å². The summed E-state index contributed by atoms with van der Waals surface area (Å²) >= 11 is 6.50. The Morgan fingerprint density at radius 1 is 1.20 bits per heavy atom. The second-order valence-corrected chi connectivity index (χ2v) is 5.56. The average Bonchev–Trinajstić information content (AvgIpc) is 2.47. The van der Waals surface area contributed by atoms with E-state index in [9.17, 15) is 4.79 Å². The SMILES string of the molecule is Cc1cccc(C(=O)C2COc3ccccc3C2Cl)c1. The minimum absolute atomic E-state index is 0.0446. The summed E-state index contributed by atoms with van der Waals surface area (Å²) < 4.78 is 5.67. The first-order valence-corrected chi connectivity index (χ1v) is 7.07. The lowest BCUT2D eigenvalue weighted by atomic mass is 9.89. The minimum Gasteiger partial charge on any atom is -0.492 e. The molecule has 0 saturated heterocycles. The van der Waals surface area contributed by atoms with Crippen molar-refractivity contribution in [1.82, 2.24) is 0 Å². The van der Waals surface area contributed by atoms with Crippen LogP contribution < -0.4 is 4.74 Å². The number of ether oxygens (including phenoxy) is 1. The number of Topliss-reactive ketones (excluding diaryl/α,β-unsaturated/α-hetero) is 1. The predicted molar refractivity (Wildman–Crippen MR) is 79.5 cm³/mol. The summed E-state index contributed by atoms with van der Waals surface area (Å²) in [5.41, 5.74) is 2.66. The third kappa shape index (κ3) is 2.32. The van der Waals surface area contributed by atoms with Crippen LogP contribution in [0.3, 0.4) is 0 Å². The summed E-state index contributed by atoms with van der Waals surface area (Å²) in [5.74, 6) is 0.484. The quantitative estimate of drug-likeness (QED) is 0.612. The molecule has 0 aliphatic carbocycles. The molecule has 0 radical (unpaired) electrons. The molecule has 0 N–H and O–H groups in total. The molecule has 2 aromatic rings. The lowest BCUT2D eigenvalue weighted by Crippen LogP contribution is -2.30. The Morgan fingerprint density at radius 3 is 2.80 bits per heavy atom. The molecule has 3 heteroatoms. The topological polar surface area (TPSA) is 26.3 Å². The average molecular weight is 287 g/mol. The highest BCUT2D eigenvalue weighted by Crippen LogP contribution is 2.40. The van der Waals surface area contributed by atoms with Gasteiger partial charge in [0, 0.05) is 11.1 Å². The second-order valence-electron chi connectivity index (χ2n) is 5.09. The number of aryl methyl sites for hydroxylation is 1. The predicted octanol–water partition coefficient (Wildman–Crippen LogP) is 4.17. The van der Waals surface area contributed by atoms with E-state index in [1.165, 1.54) is 0 Å². The molecule has 1 aliphatic rings. The third-order valence-electron chi connectivity index (χ3n) is 3.63. The number of rotatable bonds is 2. The van der Waals surface area contributed by atoms with Gasteiger partial charge in [-0.2, -0.15) is 0 Å². The van der Waals surface area contributed by atoms with Gasteiger partial charge in [-0.05, 0) is 19.1 Å². The fourth-order valence-electron chi connectivity index (χ4n) is 2.54. The minimum atomic E-state index is -0.340. The molecule has 20 heavy (non-hydrogen) atoms. The highest BCUT2D eigenvalue weighted by atomic mass is 35.5. The van der Waals surface area contributed by atoms with Crippen molar-refractivity contribution >= 4 is 17.4 Å². The van der Waals surface area contributed by atoms with Crippen molar-refractivity contribution in [3.05, 3.63) is 65.2 Å².